The fourth-order valence-corrected chi connectivity index (χ4v) is 5.05. The zero-order chi connectivity index (χ0) is 26.7. The molecule has 1 atom stereocenters. The van der Waals surface area contributed by atoms with Gasteiger partial charge < -0.3 is 20.3 Å². The molecule has 0 fully saturated rings. The number of aliphatic hydroxyl groups excluding tert-OH is 1. The molecule has 0 amide bonds. The van der Waals surface area contributed by atoms with Gasteiger partial charge >= 0.3 is 0 Å². The first kappa shape index (κ1) is 26.1. The highest BCUT2D eigenvalue weighted by molar-refractivity contribution is 7.89. The number of para-hydroxylation sites is 1. The molecular weight excluding hydrogens is 492 g/mol. The molecule has 10 heteroatoms. The van der Waals surface area contributed by atoms with Crippen LogP contribution in [0, 0.1) is 20.8 Å². The van der Waals surface area contributed by atoms with Crippen LogP contribution in [0.3, 0.4) is 0 Å². The zero-order valence-corrected chi connectivity index (χ0v) is 21.7. The zero-order valence-electron chi connectivity index (χ0n) is 20.9. The quantitative estimate of drug-likeness (QED) is 0.290. The Hall–Kier alpha value is -3.99. The third kappa shape index (κ3) is 5.72. The molecule has 1 unspecified atom stereocenters. The molecule has 37 heavy (non-hydrogen) atoms. The Balaban J connectivity index is 1.79. The van der Waals surface area contributed by atoms with Crippen molar-refractivity contribution in [3.8, 4) is 28.6 Å². The van der Waals surface area contributed by atoms with Crippen LogP contribution >= 0.6 is 0 Å². The number of hydrogen-bond donors (Lipinski definition) is 3. The number of nitrogens with zero attached hydrogens (tertiary/aromatic N) is 2. The number of benzene rings is 2. The molecule has 0 aliphatic heterocycles. The second kappa shape index (κ2) is 10.6. The molecule has 0 saturated heterocycles. The Morgan fingerprint density at radius 1 is 0.946 bits per heavy atom. The summed E-state index contributed by atoms with van der Waals surface area (Å²) in [6.07, 6.45) is -1.69. The summed E-state index contributed by atoms with van der Waals surface area (Å²) in [6, 6.07) is 18.7. The lowest BCUT2D eigenvalue weighted by atomic mass is 10.1. The maximum Gasteiger partial charge on any atom is 0.260 e. The molecule has 192 valence electrons. The lowest BCUT2D eigenvalue weighted by Gasteiger charge is -2.19. The van der Waals surface area contributed by atoms with Crippen molar-refractivity contribution in [2.24, 2.45) is 0 Å². The average molecular weight is 521 g/mol. The second-order valence-electron chi connectivity index (χ2n) is 8.55. The molecule has 4 aromatic rings. The van der Waals surface area contributed by atoms with E-state index in [4.69, 9.17) is 15.2 Å². The van der Waals surface area contributed by atoms with Crippen molar-refractivity contribution in [3.63, 3.8) is 0 Å². The molecule has 0 aliphatic rings. The van der Waals surface area contributed by atoms with Crippen molar-refractivity contribution in [1.29, 1.82) is 0 Å². The fourth-order valence-electron chi connectivity index (χ4n) is 4.02. The van der Waals surface area contributed by atoms with Crippen molar-refractivity contribution in [2.75, 3.05) is 12.8 Å². The van der Waals surface area contributed by atoms with Gasteiger partial charge in [-0.25, -0.2) is 18.4 Å². The summed E-state index contributed by atoms with van der Waals surface area (Å²) >= 11 is 0. The number of aromatic nitrogens is 2. The molecule has 0 spiro atoms. The number of aryl methyl sites for hydroxylation is 3. The largest absolute Gasteiger partial charge is 0.496 e. The maximum atomic E-state index is 12.9. The van der Waals surface area contributed by atoms with E-state index in [1.807, 2.05) is 51.1 Å². The van der Waals surface area contributed by atoms with Gasteiger partial charge in [-0.05, 0) is 68.3 Å². The van der Waals surface area contributed by atoms with Crippen LogP contribution in [0.2, 0.25) is 0 Å². The molecule has 2 aromatic heterocycles. The number of hydrogen-bond acceptors (Lipinski definition) is 8. The summed E-state index contributed by atoms with van der Waals surface area (Å²) in [4.78, 5) is 8.50. The number of anilines is 1. The van der Waals surface area contributed by atoms with Gasteiger partial charge in [-0.15, -0.1) is 0 Å². The lowest BCUT2D eigenvalue weighted by Crippen LogP contribution is -2.29. The minimum atomic E-state index is -4.21. The Kier molecular flexibility index (Phi) is 7.44. The minimum absolute atomic E-state index is 0.0363. The number of methoxy groups -OCH3 is 1. The Bertz CT molecular complexity index is 1530. The Morgan fingerprint density at radius 2 is 1.65 bits per heavy atom. The molecule has 4 N–H and O–H groups in total. The number of nitrogens with two attached hydrogens (primary N) is 1. The van der Waals surface area contributed by atoms with Gasteiger partial charge in [0.05, 0.1) is 18.4 Å². The number of pyridine rings is 2. The number of rotatable bonds is 8. The second-order valence-corrected chi connectivity index (χ2v) is 10.2. The van der Waals surface area contributed by atoms with Crippen LogP contribution in [-0.4, -0.2) is 30.6 Å². The minimum Gasteiger partial charge on any atom is -0.496 e. The van der Waals surface area contributed by atoms with Gasteiger partial charge in [-0.2, -0.15) is 4.72 Å². The van der Waals surface area contributed by atoms with Crippen molar-refractivity contribution >= 4 is 15.8 Å². The van der Waals surface area contributed by atoms with E-state index in [9.17, 15) is 13.5 Å². The van der Waals surface area contributed by atoms with Crippen LogP contribution < -0.4 is 19.9 Å². The van der Waals surface area contributed by atoms with Crippen LogP contribution in [0.25, 0.3) is 11.3 Å². The highest BCUT2D eigenvalue weighted by atomic mass is 32.2. The van der Waals surface area contributed by atoms with Gasteiger partial charge in [0.25, 0.3) is 10.0 Å². The Labute approximate surface area is 216 Å². The van der Waals surface area contributed by atoms with E-state index in [-0.39, 0.29) is 22.3 Å². The summed E-state index contributed by atoms with van der Waals surface area (Å²) in [6.45, 7) is 5.80. The molecule has 0 bridgehead atoms. The van der Waals surface area contributed by atoms with Gasteiger partial charge in [0.2, 0.25) is 5.88 Å². The Morgan fingerprint density at radius 3 is 2.32 bits per heavy atom. The highest BCUT2D eigenvalue weighted by Crippen LogP contribution is 2.36. The number of nitrogen functional groups attached to an aromatic ring is 1. The van der Waals surface area contributed by atoms with E-state index < -0.39 is 16.3 Å². The van der Waals surface area contributed by atoms with E-state index in [1.165, 1.54) is 18.2 Å². The van der Waals surface area contributed by atoms with Crippen LogP contribution in [-0.2, 0) is 10.0 Å². The summed E-state index contributed by atoms with van der Waals surface area (Å²) in [5.74, 6) is 1.23. The number of ether oxygens (including phenoxy) is 2. The molecule has 0 aliphatic carbocycles. The van der Waals surface area contributed by atoms with Crippen molar-refractivity contribution in [3.05, 3.63) is 89.0 Å². The molecule has 4 rings (SSSR count). The predicted molar refractivity (Wildman–Crippen MR) is 141 cm³/mol. The van der Waals surface area contributed by atoms with E-state index in [0.29, 0.717) is 22.8 Å². The number of sulfonamides is 1. The van der Waals surface area contributed by atoms with E-state index in [0.717, 1.165) is 16.7 Å². The molecule has 2 aromatic carbocycles. The third-order valence-corrected chi connectivity index (χ3v) is 6.97. The van der Waals surface area contributed by atoms with Gasteiger partial charge in [0, 0.05) is 5.56 Å². The standard InChI is InChI=1S/C27H28N4O5S/c1-16-14-17(2)25(18(3)15-16)36-27-20(12-13-21(29-27)19-8-5-6-9-22(19)35-4)26(32)31-37(33,34)24-11-7-10-23(28)30-24/h5-15,26,31-32H,1-4H3,(H2,28,30). The summed E-state index contributed by atoms with van der Waals surface area (Å²) in [5.41, 5.74) is 9.78. The van der Waals surface area contributed by atoms with Crippen LogP contribution in [0.1, 0.15) is 28.5 Å². The van der Waals surface area contributed by atoms with E-state index in [2.05, 4.69) is 14.7 Å². The number of nitrogens with one attached hydrogen (secondary N) is 1. The third-order valence-electron chi connectivity index (χ3n) is 5.66. The SMILES string of the molecule is COc1ccccc1-c1ccc(C(O)NS(=O)(=O)c2cccc(N)n2)c(Oc2c(C)cc(C)cc2C)n1. The first-order valence-corrected chi connectivity index (χ1v) is 12.9. The first-order valence-electron chi connectivity index (χ1n) is 11.4. The first-order chi connectivity index (χ1) is 17.6. The fraction of sp³-hybridized carbons (Fsp3) is 0.185. The number of aliphatic hydroxyl groups is 1. The van der Waals surface area contributed by atoms with Crippen molar-refractivity contribution in [1.82, 2.24) is 14.7 Å². The molecule has 0 saturated carbocycles. The predicted octanol–water partition coefficient (Wildman–Crippen LogP) is 4.42. The summed E-state index contributed by atoms with van der Waals surface area (Å²) < 4.78 is 39.7. The average Bonchev–Trinajstić information content (AvgIpc) is 2.85. The summed E-state index contributed by atoms with van der Waals surface area (Å²) in [5, 5.41) is 10.7. The van der Waals surface area contributed by atoms with E-state index >= 15 is 0 Å². The topological polar surface area (TPSA) is 137 Å². The molecule has 9 nitrogen and oxygen atoms in total. The molecule has 0 radical (unpaired) electrons. The van der Waals surface area contributed by atoms with Crippen molar-refractivity contribution < 1.29 is 23.0 Å². The maximum absolute atomic E-state index is 12.9. The van der Waals surface area contributed by atoms with Gasteiger partial charge in [-0.1, -0.05) is 35.9 Å². The smallest absolute Gasteiger partial charge is 0.260 e. The highest BCUT2D eigenvalue weighted by Gasteiger charge is 2.25. The molecule has 2 heterocycles. The van der Waals surface area contributed by atoms with Gasteiger partial charge in [0.15, 0.2) is 5.03 Å². The van der Waals surface area contributed by atoms with Gasteiger partial charge in [0.1, 0.15) is 23.5 Å². The van der Waals surface area contributed by atoms with Gasteiger partial charge in [-0.3, -0.25) is 0 Å². The molecular formula is C27H28N4O5S. The summed E-state index contributed by atoms with van der Waals surface area (Å²) in [7, 11) is -2.65. The van der Waals surface area contributed by atoms with Crippen LogP contribution in [0.5, 0.6) is 17.4 Å². The lowest BCUT2D eigenvalue weighted by molar-refractivity contribution is 0.162. The van der Waals surface area contributed by atoms with E-state index in [1.54, 1.807) is 25.3 Å². The van der Waals surface area contributed by atoms with Crippen LogP contribution in [0.4, 0.5) is 5.82 Å². The normalized spacial score (nSPS) is 12.2. The monoisotopic (exact) mass is 520 g/mol. The van der Waals surface area contributed by atoms with Crippen molar-refractivity contribution in [2.45, 2.75) is 32.0 Å². The van der Waals surface area contributed by atoms with Crippen LogP contribution in [0.15, 0.2) is 71.8 Å².